The van der Waals surface area contributed by atoms with Crippen molar-refractivity contribution >= 4 is 17.7 Å². The molecule has 0 saturated carbocycles. The van der Waals surface area contributed by atoms with Gasteiger partial charge in [0.05, 0.1) is 0 Å². The highest BCUT2D eigenvalue weighted by Crippen LogP contribution is 2.16. The van der Waals surface area contributed by atoms with E-state index >= 15 is 0 Å². The Balaban J connectivity index is 2.62. The first-order chi connectivity index (χ1) is 9.52. The Morgan fingerprint density at radius 2 is 1.85 bits per heavy atom. The van der Waals surface area contributed by atoms with Crippen LogP contribution in [0, 0.1) is 0 Å². The summed E-state index contributed by atoms with van der Waals surface area (Å²) in [7, 11) is 4.17. The Labute approximate surface area is 121 Å². The lowest BCUT2D eigenvalue weighted by atomic mass is 10.1. The van der Waals surface area contributed by atoms with Gasteiger partial charge in [-0.1, -0.05) is 12.1 Å². The van der Waals surface area contributed by atoms with Crippen LogP contribution in [0.1, 0.15) is 18.9 Å². The van der Waals surface area contributed by atoms with Gasteiger partial charge >= 0.3 is 5.97 Å². The minimum Gasteiger partial charge on any atom is -0.478 e. The van der Waals surface area contributed by atoms with Crippen LogP contribution >= 0.6 is 0 Å². The Morgan fingerprint density at radius 1 is 1.20 bits per heavy atom. The zero-order valence-electron chi connectivity index (χ0n) is 12.5. The molecular weight excluding hydrogens is 252 g/mol. The van der Waals surface area contributed by atoms with Crippen molar-refractivity contribution < 1.29 is 9.90 Å². The number of carboxylic acids is 1. The maximum Gasteiger partial charge on any atom is 0.328 e. The third-order valence-corrected chi connectivity index (χ3v) is 3.09. The van der Waals surface area contributed by atoms with E-state index in [-0.39, 0.29) is 0 Å². The summed E-state index contributed by atoms with van der Waals surface area (Å²) in [6.07, 6.45) is 3.89. The molecular formula is C16H24N2O2. The fraction of sp³-hybridized carbons (Fsp3) is 0.438. The highest BCUT2D eigenvalue weighted by Gasteiger charge is 2.04. The molecule has 0 amide bonds. The van der Waals surface area contributed by atoms with Crippen molar-refractivity contribution in [3.63, 3.8) is 0 Å². The number of aliphatic carboxylic acids is 1. The van der Waals surface area contributed by atoms with E-state index in [4.69, 9.17) is 5.11 Å². The van der Waals surface area contributed by atoms with E-state index < -0.39 is 5.97 Å². The van der Waals surface area contributed by atoms with Gasteiger partial charge in [0, 0.05) is 24.9 Å². The van der Waals surface area contributed by atoms with Crippen LogP contribution < -0.4 is 4.90 Å². The third-order valence-electron chi connectivity index (χ3n) is 3.09. The molecule has 1 rings (SSSR count). The predicted molar refractivity (Wildman–Crippen MR) is 84.2 cm³/mol. The second-order valence-corrected chi connectivity index (χ2v) is 5.00. The third kappa shape index (κ3) is 5.89. The Kier molecular flexibility index (Phi) is 6.81. The maximum atomic E-state index is 10.5. The van der Waals surface area contributed by atoms with E-state index in [1.807, 2.05) is 24.3 Å². The number of benzene rings is 1. The quantitative estimate of drug-likeness (QED) is 0.741. The highest BCUT2D eigenvalue weighted by atomic mass is 16.4. The molecule has 1 N–H and O–H groups in total. The topological polar surface area (TPSA) is 43.8 Å². The molecule has 4 heteroatoms. The molecule has 1 aromatic rings. The SMILES string of the molecule is CCN(CCCN(C)C)c1ccc(/C=C/C(=O)O)cc1. The van der Waals surface area contributed by atoms with Crippen molar-refractivity contribution in [2.45, 2.75) is 13.3 Å². The Hall–Kier alpha value is -1.81. The van der Waals surface area contributed by atoms with E-state index in [0.717, 1.165) is 37.7 Å². The van der Waals surface area contributed by atoms with Gasteiger partial charge in [-0.25, -0.2) is 4.79 Å². The van der Waals surface area contributed by atoms with Crippen molar-refractivity contribution in [3.8, 4) is 0 Å². The molecule has 20 heavy (non-hydrogen) atoms. The van der Waals surface area contributed by atoms with Gasteiger partial charge in [0.15, 0.2) is 0 Å². The van der Waals surface area contributed by atoms with Crippen LogP contribution in [0.4, 0.5) is 5.69 Å². The minimum absolute atomic E-state index is 0.903. The molecule has 0 saturated heterocycles. The largest absolute Gasteiger partial charge is 0.478 e. The van der Waals surface area contributed by atoms with Crippen LogP contribution in [0.15, 0.2) is 30.3 Å². The molecule has 0 unspecified atom stereocenters. The van der Waals surface area contributed by atoms with Gasteiger partial charge in [-0.05, 0) is 57.8 Å². The number of hydrogen-bond acceptors (Lipinski definition) is 3. The van der Waals surface area contributed by atoms with Crippen molar-refractivity contribution in [1.29, 1.82) is 0 Å². The summed E-state index contributed by atoms with van der Waals surface area (Å²) < 4.78 is 0. The minimum atomic E-state index is -0.923. The molecule has 0 atom stereocenters. The Bertz CT molecular complexity index is 438. The Morgan fingerprint density at radius 3 is 2.35 bits per heavy atom. The number of carbonyl (C=O) groups is 1. The van der Waals surface area contributed by atoms with Crippen LogP contribution in [0.3, 0.4) is 0 Å². The first-order valence-corrected chi connectivity index (χ1v) is 6.93. The number of nitrogens with zero attached hydrogens (tertiary/aromatic N) is 2. The second-order valence-electron chi connectivity index (χ2n) is 5.00. The fourth-order valence-electron chi connectivity index (χ4n) is 2.01. The smallest absolute Gasteiger partial charge is 0.328 e. The summed E-state index contributed by atoms with van der Waals surface area (Å²) in [5.74, 6) is -0.923. The summed E-state index contributed by atoms with van der Waals surface area (Å²) in [5.41, 5.74) is 2.08. The van der Waals surface area contributed by atoms with E-state index in [1.54, 1.807) is 6.08 Å². The first kappa shape index (κ1) is 16.2. The van der Waals surface area contributed by atoms with Crippen LogP contribution in [0.2, 0.25) is 0 Å². The molecule has 0 aliphatic carbocycles. The monoisotopic (exact) mass is 276 g/mol. The zero-order chi connectivity index (χ0) is 15.0. The molecule has 0 fully saturated rings. The summed E-state index contributed by atoms with van der Waals surface area (Å²) in [6.45, 7) is 5.22. The van der Waals surface area contributed by atoms with Gasteiger partial charge in [-0.2, -0.15) is 0 Å². The van der Waals surface area contributed by atoms with Crippen LogP contribution in [-0.4, -0.2) is 49.7 Å². The van der Waals surface area contributed by atoms with Crippen molar-refractivity contribution in [2.75, 3.05) is 38.6 Å². The van der Waals surface area contributed by atoms with Gasteiger partial charge in [0.25, 0.3) is 0 Å². The molecule has 0 aliphatic rings. The lowest BCUT2D eigenvalue weighted by molar-refractivity contribution is -0.131. The van der Waals surface area contributed by atoms with Crippen LogP contribution in [-0.2, 0) is 4.79 Å². The number of rotatable bonds is 8. The zero-order valence-corrected chi connectivity index (χ0v) is 12.5. The van der Waals surface area contributed by atoms with Gasteiger partial charge in [-0.15, -0.1) is 0 Å². The molecule has 0 radical (unpaired) electrons. The molecule has 0 aromatic heterocycles. The summed E-state index contributed by atoms with van der Waals surface area (Å²) in [5, 5.41) is 8.60. The van der Waals surface area contributed by atoms with Crippen LogP contribution in [0.5, 0.6) is 0 Å². The molecule has 0 aliphatic heterocycles. The second kappa shape index (κ2) is 8.38. The van der Waals surface area contributed by atoms with Gasteiger partial charge in [0.2, 0.25) is 0 Å². The molecule has 110 valence electrons. The summed E-state index contributed by atoms with van der Waals surface area (Å²) >= 11 is 0. The summed E-state index contributed by atoms with van der Waals surface area (Å²) in [6, 6.07) is 7.98. The van der Waals surface area contributed by atoms with E-state index in [2.05, 4.69) is 30.8 Å². The van der Waals surface area contributed by atoms with Crippen molar-refractivity contribution in [2.24, 2.45) is 0 Å². The fourth-order valence-corrected chi connectivity index (χ4v) is 2.01. The van der Waals surface area contributed by atoms with Crippen LogP contribution in [0.25, 0.3) is 6.08 Å². The molecule has 0 heterocycles. The van der Waals surface area contributed by atoms with Crippen molar-refractivity contribution in [1.82, 2.24) is 4.90 Å². The average molecular weight is 276 g/mol. The normalized spacial score (nSPS) is 11.2. The van der Waals surface area contributed by atoms with E-state index in [9.17, 15) is 4.79 Å². The molecule has 0 spiro atoms. The molecule has 1 aromatic carbocycles. The number of anilines is 1. The predicted octanol–water partition coefficient (Wildman–Crippen LogP) is 2.56. The number of hydrogen-bond donors (Lipinski definition) is 1. The number of carboxylic acid groups (broad SMARTS) is 1. The maximum absolute atomic E-state index is 10.5. The standard InChI is InChI=1S/C16H24N2O2/c1-4-18(13-5-12-17(2)3)15-9-6-14(7-10-15)8-11-16(19)20/h6-11H,4-5,12-13H2,1-3H3,(H,19,20)/b11-8+. The highest BCUT2D eigenvalue weighted by molar-refractivity contribution is 5.85. The van der Waals surface area contributed by atoms with Gasteiger partial charge in [-0.3, -0.25) is 0 Å². The average Bonchev–Trinajstić information content (AvgIpc) is 2.42. The molecule has 4 nitrogen and oxygen atoms in total. The van der Waals surface area contributed by atoms with Gasteiger partial charge < -0.3 is 14.9 Å². The van der Waals surface area contributed by atoms with Gasteiger partial charge in [0.1, 0.15) is 0 Å². The van der Waals surface area contributed by atoms with E-state index in [0.29, 0.717) is 0 Å². The molecule has 0 bridgehead atoms. The van der Waals surface area contributed by atoms with E-state index in [1.165, 1.54) is 5.69 Å². The lowest BCUT2D eigenvalue weighted by Gasteiger charge is -2.24. The summed E-state index contributed by atoms with van der Waals surface area (Å²) in [4.78, 5) is 15.0. The van der Waals surface area contributed by atoms with Crippen molar-refractivity contribution in [3.05, 3.63) is 35.9 Å². The first-order valence-electron chi connectivity index (χ1n) is 6.93. The lowest BCUT2D eigenvalue weighted by Crippen LogP contribution is -2.26.